The molecule has 0 N–H and O–H groups in total. The first kappa shape index (κ1) is 18.1. The van der Waals surface area contributed by atoms with Crippen LogP contribution in [-0.2, 0) is 6.54 Å². The van der Waals surface area contributed by atoms with Crippen molar-refractivity contribution in [3.63, 3.8) is 0 Å². The normalized spacial score (nSPS) is 19.1. The molecule has 142 valence electrons. The smallest absolute Gasteiger partial charge is 0.174 e. The quantitative estimate of drug-likeness (QED) is 0.651. The lowest BCUT2D eigenvalue weighted by Crippen LogP contribution is -2.38. The van der Waals surface area contributed by atoms with E-state index in [1.54, 1.807) is 18.4 Å². The highest BCUT2D eigenvalue weighted by atomic mass is 32.1. The monoisotopic (exact) mass is 383 g/mol. The number of tetrazole rings is 1. The summed E-state index contributed by atoms with van der Waals surface area (Å²) in [5.74, 6) is 2.48. The second-order valence-corrected chi connectivity index (χ2v) is 8.18. The van der Waals surface area contributed by atoms with Crippen molar-refractivity contribution in [3.8, 4) is 5.75 Å². The van der Waals surface area contributed by atoms with Crippen molar-refractivity contribution in [2.24, 2.45) is 5.92 Å². The second kappa shape index (κ2) is 8.19. The van der Waals surface area contributed by atoms with Gasteiger partial charge < -0.3 is 4.74 Å². The van der Waals surface area contributed by atoms with Crippen molar-refractivity contribution in [1.29, 1.82) is 0 Å². The van der Waals surface area contributed by atoms with Crippen LogP contribution in [0.15, 0.2) is 41.8 Å². The van der Waals surface area contributed by atoms with Gasteiger partial charge in [0.2, 0.25) is 0 Å². The number of ether oxygens (including phenoxy) is 1. The van der Waals surface area contributed by atoms with E-state index in [-0.39, 0.29) is 6.04 Å². The molecule has 1 aliphatic rings. The van der Waals surface area contributed by atoms with Gasteiger partial charge in [0.05, 0.1) is 13.7 Å². The van der Waals surface area contributed by atoms with Crippen LogP contribution < -0.4 is 4.74 Å². The summed E-state index contributed by atoms with van der Waals surface area (Å²) in [5.41, 5.74) is 1.15. The molecule has 0 aliphatic carbocycles. The molecule has 6 nitrogen and oxygen atoms in total. The van der Waals surface area contributed by atoms with Crippen LogP contribution in [0.25, 0.3) is 0 Å². The maximum Gasteiger partial charge on any atom is 0.174 e. The SMILES string of the molecule is COc1ccc(Cn2nnnc2[C@H](c2cccs2)N2CCC[C@@H](C)C2)cc1. The molecule has 0 amide bonds. The number of methoxy groups -OCH3 is 1. The van der Waals surface area contributed by atoms with E-state index in [2.05, 4.69) is 57.0 Å². The predicted molar refractivity (Wildman–Crippen MR) is 106 cm³/mol. The number of benzene rings is 1. The zero-order valence-electron chi connectivity index (χ0n) is 15.8. The van der Waals surface area contributed by atoms with E-state index in [4.69, 9.17) is 4.74 Å². The van der Waals surface area contributed by atoms with Crippen molar-refractivity contribution in [2.75, 3.05) is 20.2 Å². The van der Waals surface area contributed by atoms with Gasteiger partial charge in [0.15, 0.2) is 5.82 Å². The molecule has 1 saturated heterocycles. The Balaban J connectivity index is 1.64. The average Bonchev–Trinajstić information content (AvgIpc) is 3.36. The summed E-state index contributed by atoms with van der Waals surface area (Å²) in [5, 5.41) is 14.9. The Bertz CT molecular complexity index is 846. The summed E-state index contributed by atoms with van der Waals surface area (Å²) in [4.78, 5) is 3.84. The Morgan fingerprint density at radius 2 is 2.11 bits per heavy atom. The van der Waals surface area contributed by atoms with Crippen LogP contribution in [0.1, 0.15) is 42.1 Å². The Kier molecular flexibility index (Phi) is 5.50. The van der Waals surface area contributed by atoms with E-state index in [9.17, 15) is 0 Å². The molecule has 27 heavy (non-hydrogen) atoms. The summed E-state index contributed by atoms with van der Waals surface area (Å²) in [6, 6.07) is 12.5. The van der Waals surface area contributed by atoms with Crippen LogP contribution in [0.3, 0.4) is 0 Å². The highest BCUT2D eigenvalue weighted by molar-refractivity contribution is 7.10. The number of likely N-dealkylation sites (tertiary alicyclic amines) is 1. The molecule has 1 aromatic carbocycles. The van der Waals surface area contributed by atoms with Gasteiger partial charge in [0.25, 0.3) is 0 Å². The van der Waals surface area contributed by atoms with Crippen molar-refractivity contribution < 1.29 is 4.74 Å². The fourth-order valence-corrected chi connectivity index (χ4v) is 4.66. The highest BCUT2D eigenvalue weighted by Crippen LogP contribution is 2.33. The second-order valence-electron chi connectivity index (χ2n) is 7.20. The average molecular weight is 384 g/mol. The molecular formula is C20H25N5OS. The summed E-state index contributed by atoms with van der Waals surface area (Å²) in [6.07, 6.45) is 2.52. The molecule has 0 bridgehead atoms. The third kappa shape index (κ3) is 4.04. The van der Waals surface area contributed by atoms with Crippen LogP contribution in [0.2, 0.25) is 0 Å². The third-order valence-corrected chi connectivity index (χ3v) is 6.09. The Morgan fingerprint density at radius 3 is 2.81 bits per heavy atom. The minimum atomic E-state index is 0.112. The third-order valence-electron chi connectivity index (χ3n) is 5.16. The molecule has 1 fully saturated rings. The highest BCUT2D eigenvalue weighted by Gasteiger charge is 2.31. The lowest BCUT2D eigenvalue weighted by atomic mass is 9.98. The van der Waals surface area contributed by atoms with E-state index in [1.165, 1.54) is 17.7 Å². The maximum atomic E-state index is 5.25. The topological polar surface area (TPSA) is 56.1 Å². The van der Waals surface area contributed by atoms with Crippen molar-refractivity contribution in [3.05, 3.63) is 58.0 Å². The standard InChI is InChI=1S/C20H25N5OS/c1-15-5-3-11-24(13-15)19(18-6-4-12-27-18)20-21-22-23-25(20)14-16-7-9-17(26-2)10-8-16/h4,6-10,12,15,19H,3,5,11,13-14H2,1-2H3/t15-,19+/m1/s1. The number of hydrogen-bond donors (Lipinski definition) is 0. The van der Waals surface area contributed by atoms with Crippen molar-refractivity contribution in [2.45, 2.75) is 32.4 Å². The largest absolute Gasteiger partial charge is 0.497 e. The molecule has 3 heterocycles. The molecule has 0 unspecified atom stereocenters. The lowest BCUT2D eigenvalue weighted by molar-refractivity contribution is 0.144. The van der Waals surface area contributed by atoms with Gasteiger partial charge in [-0.25, -0.2) is 4.68 Å². The van der Waals surface area contributed by atoms with E-state index in [1.807, 2.05) is 16.8 Å². The molecule has 4 rings (SSSR count). The lowest BCUT2D eigenvalue weighted by Gasteiger charge is -2.36. The zero-order chi connectivity index (χ0) is 18.6. The van der Waals surface area contributed by atoms with Gasteiger partial charge in [-0.2, -0.15) is 0 Å². The van der Waals surface area contributed by atoms with Gasteiger partial charge in [-0.15, -0.1) is 16.4 Å². The first-order valence-corrected chi connectivity index (χ1v) is 10.3. The number of nitrogens with zero attached hydrogens (tertiary/aromatic N) is 5. The number of piperidine rings is 1. The Morgan fingerprint density at radius 1 is 1.26 bits per heavy atom. The van der Waals surface area contributed by atoms with E-state index < -0.39 is 0 Å². The van der Waals surface area contributed by atoms with Gasteiger partial charge in [-0.05, 0) is 64.9 Å². The molecule has 0 radical (unpaired) electrons. The van der Waals surface area contributed by atoms with E-state index in [0.29, 0.717) is 12.5 Å². The predicted octanol–water partition coefficient (Wildman–Crippen LogP) is 3.61. The fourth-order valence-electron chi connectivity index (χ4n) is 3.80. The van der Waals surface area contributed by atoms with Crippen LogP contribution >= 0.6 is 11.3 Å². The first-order valence-electron chi connectivity index (χ1n) is 9.41. The van der Waals surface area contributed by atoms with E-state index >= 15 is 0 Å². The molecule has 7 heteroatoms. The van der Waals surface area contributed by atoms with E-state index in [0.717, 1.165) is 30.2 Å². The molecule has 0 saturated carbocycles. The molecule has 2 atom stereocenters. The van der Waals surface area contributed by atoms with Crippen molar-refractivity contribution in [1.82, 2.24) is 25.1 Å². The van der Waals surface area contributed by atoms with Gasteiger partial charge in [-0.3, -0.25) is 4.90 Å². The maximum absolute atomic E-state index is 5.25. The van der Waals surface area contributed by atoms with Gasteiger partial charge in [0, 0.05) is 11.4 Å². The van der Waals surface area contributed by atoms with Crippen LogP contribution in [0.4, 0.5) is 0 Å². The number of aromatic nitrogens is 4. The van der Waals surface area contributed by atoms with Gasteiger partial charge in [-0.1, -0.05) is 25.1 Å². The van der Waals surface area contributed by atoms with Crippen molar-refractivity contribution >= 4 is 11.3 Å². The Labute approximate surface area is 163 Å². The Hall–Kier alpha value is -2.25. The van der Waals surface area contributed by atoms with Gasteiger partial charge >= 0.3 is 0 Å². The number of hydrogen-bond acceptors (Lipinski definition) is 6. The van der Waals surface area contributed by atoms with Gasteiger partial charge in [0.1, 0.15) is 11.8 Å². The molecule has 2 aromatic heterocycles. The minimum Gasteiger partial charge on any atom is -0.497 e. The molecule has 0 spiro atoms. The minimum absolute atomic E-state index is 0.112. The summed E-state index contributed by atoms with van der Waals surface area (Å²) in [7, 11) is 1.68. The number of thiophene rings is 1. The molecule has 3 aromatic rings. The molecule has 1 aliphatic heterocycles. The summed E-state index contributed by atoms with van der Waals surface area (Å²) in [6.45, 7) is 5.15. The number of rotatable bonds is 6. The summed E-state index contributed by atoms with van der Waals surface area (Å²) < 4.78 is 7.19. The summed E-state index contributed by atoms with van der Waals surface area (Å²) >= 11 is 1.78. The zero-order valence-corrected chi connectivity index (χ0v) is 16.6. The molecular weight excluding hydrogens is 358 g/mol. The van der Waals surface area contributed by atoms with Crippen LogP contribution in [-0.4, -0.2) is 45.3 Å². The van der Waals surface area contributed by atoms with Crippen LogP contribution in [0, 0.1) is 5.92 Å². The van der Waals surface area contributed by atoms with Crippen LogP contribution in [0.5, 0.6) is 5.75 Å². The fraction of sp³-hybridized carbons (Fsp3) is 0.450. The first-order chi connectivity index (χ1) is 13.2.